The second kappa shape index (κ2) is 11.4. The van der Waals surface area contributed by atoms with Crippen LogP contribution >= 0.6 is 23.4 Å². The van der Waals surface area contributed by atoms with Gasteiger partial charge in [-0.1, -0.05) is 37.1 Å². The molecule has 1 N–H and O–H groups in total. The van der Waals surface area contributed by atoms with Crippen LogP contribution in [0.5, 0.6) is 0 Å². The van der Waals surface area contributed by atoms with Crippen LogP contribution in [-0.2, 0) is 14.3 Å². The highest BCUT2D eigenvalue weighted by Gasteiger charge is 2.36. The Hall–Kier alpha value is -3.89. The molecule has 9 nitrogen and oxygen atoms in total. The number of nitrogens with one attached hydrogen (secondary N) is 1. The standard InChI is InChI=1S/C26H21ClN2O7S/c1-2-3-10-35-25(33)18-12-16(8-9-19(18)27)28-22(30)13-29-24(32)21(37-26(29)34)11-15-14-36-20-7-5-4-6-17(20)23(15)31/h4-9,11-12,14H,2-3,10,13H2,1H3,(H,28,30)/b21-11-. The van der Waals surface area contributed by atoms with Crippen LogP contribution in [0.1, 0.15) is 35.7 Å². The van der Waals surface area contributed by atoms with E-state index in [1.165, 1.54) is 30.5 Å². The van der Waals surface area contributed by atoms with E-state index in [0.29, 0.717) is 29.2 Å². The first kappa shape index (κ1) is 26.2. The highest BCUT2D eigenvalue weighted by atomic mass is 35.5. The number of imide groups is 1. The molecule has 0 unspecified atom stereocenters. The number of amides is 3. The third kappa shape index (κ3) is 5.92. The molecule has 0 bridgehead atoms. The summed E-state index contributed by atoms with van der Waals surface area (Å²) in [6.07, 6.45) is 4.06. The summed E-state index contributed by atoms with van der Waals surface area (Å²) < 4.78 is 10.6. The summed E-state index contributed by atoms with van der Waals surface area (Å²) in [6.45, 7) is 1.65. The van der Waals surface area contributed by atoms with Crippen LogP contribution < -0.4 is 10.7 Å². The number of hydrogen-bond acceptors (Lipinski definition) is 8. The topological polar surface area (TPSA) is 123 Å². The number of ether oxygens (including phenoxy) is 1. The molecule has 4 rings (SSSR count). The fourth-order valence-corrected chi connectivity index (χ4v) is 4.48. The van der Waals surface area contributed by atoms with E-state index in [4.69, 9.17) is 20.8 Å². The van der Waals surface area contributed by atoms with E-state index in [1.807, 2.05) is 6.92 Å². The van der Waals surface area contributed by atoms with Crippen molar-refractivity contribution >= 4 is 69.1 Å². The predicted octanol–water partition coefficient (Wildman–Crippen LogP) is 5.08. The quantitative estimate of drug-likeness (QED) is 0.238. The number of carbonyl (C=O) groups is 4. The predicted molar refractivity (Wildman–Crippen MR) is 140 cm³/mol. The van der Waals surface area contributed by atoms with E-state index < -0.39 is 29.6 Å². The summed E-state index contributed by atoms with van der Waals surface area (Å²) in [5, 5.41) is 2.39. The fourth-order valence-electron chi connectivity index (χ4n) is 3.46. The molecule has 1 saturated heterocycles. The van der Waals surface area contributed by atoms with Gasteiger partial charge in [0.1, 0.15) is 18.4 Å². The van der Waals surface area contributed by atoms with Crippen LogP contribution in [0.4, 0.5) is 10.5 Å². The number of halogens is 1. The molecule has 11 heteroatoms. The van der Waals surface area contributed by atoms with Crippen molar-refractivity contribution in [3.05, 3.63) is 80.0 Å². The van der Waals surface area contributed by atoms with Gasteiger partial charge in [-0.15, -0.1) is 0 Å². The van der Waals surface area contributed by atoms with Gasteiger partial charge in [-0.25, -0.2) is 4.79 Å². The van der Waals surface area contributed by atoms with Gasteiger partial charge >= 0.3 is 5.97 Å². The Bertz CT molecular complexity index is 1500. The van der Waals surface area contributed by atoms with Gasteiger partial charge < -0.3 is 14.5 Å². The molecule has 1 aliphatic rings. The van der Waals surface area contributed by atoms with Gasteiger partial charge in [0.15, 0.2) is 5.43 Å². The van der Waals surface area contributed by atoms with Crippen LogP contribution in [0.15, 0.2) is 62.8 Å². The number of thioether (sulfide) groups is 1. The summed E-state index contributed by atoms with van der Waals surface area (Å²) in [5.41, 5.74) is 0.479. The third-order valence-corrected chi connectivity index (χ3v) is 6.61. The van der Waals surface area contributed by atoms with E-state index in [0.717, 1.165) is 11.3 Å². The highest BCUT2D eigenvalue weighted by molar-refractivity contribution is 8.18. The molecule has 3 amide bonds. The normalized spacial score (nSPS) is 14.4. The first-order chi connectivity index (χ1) is 17.8. The zero-order valence-electron chi connectivity index (χ0n) is 19.6. The van der Waals surface area contributed by atoms with Gasteiger partial charge in [0.05, 0.1) is 33.0 Å². The van der Waals surface area contributed by atoms with Crippen LogP contribution in [0.25, 0.3) is 17.0 Å². The second-order valence-corrected chi connectivity index (χ2v) is 9.42. The lowest BCUT2D eigenvalue weighted by Gasteiger charge is -2.13. The molecule has 1 aliphatic heterocycles. The number of para-hydroxylation sites is 1. The number of nitrogens with zero attached hydrogens (tertiary/aromatic N) is 1. The molecule has 0 atom stereocenters. The Balaban J connectivity index is 1.45. The molecule has 0 spiro atoms. The van der Waals surface area contributed by atoms with Crippen molar-refractivity contribution in [3.8, 4) is 0 Å². The first-order valence-corrected chi connectivity index (χ1v) is 12.5. The maximum absolute atomic E-state index is 12.8. The number of unbranched alkanes of at least 4 members (excludes halogenated alkanes) is 1. The van der Waals surface area contributed by atoms with E-state index >= 15 is 0 Å². The van der Waals surface area contributed by atoms with Gasteiger partial charge in [-0.2, -0.15) is 0 Å². The molecular formula is C26H21ClN2O7S. The molecular weight excluding hydrogens is 520 g/mol. The first-order valence-electron chi connectivity index (χ1n) is 11.3. The minimum atomic E-state index is -0.714. The lowest BCUT2D eigenvalue weighted by molar-refractivity contribution is -0.127. The van der Waals surface area contributed by atoms with E-state index in [2.05, 4.69) is 5.32 Å². The van der Waals surface area contributed by atoms with Crippen molar-refractivity contribution < 1.29 is 28.3 Å². The molecule has 0 aliphatic carbocycles. The number of esters is 1. The monoisotopic (exact) mass is 540 g/mol. The van der Waals surface area contributed by atoms with Gasteiger partial charge in [0.25, 0.3) is 11.1 Å². The minimum absolute atomic E-state index is 0.0102. The lowest BCUT2D eigenvalue weighted by atomic mass is 10.1. The summed E-state index contributed by atoms with van der Waals surface area (Å²) in [6, 6.07) is 10.9. The van der Waals surface area contributed by atoms with Gasteiger partial charge in [0, 0.05) is 5.69 Å². The lowest BCUT2D eigenvalue weighted by Crippen LogP contribution is -2.36. The van der Waals surface area contributed by atoms with Crippen molar-refractivity contribution in [1.82, 2.24) is 4.90 Å². The Labute approximate surface area is 220 Å². The number of carbonyl (C=O) groups excluding carboxylic acids is 4. The highest BCUT2D eigenvalue weighted by Crippen LogP contribution is 2.32. The molecule has 2 aromatic carbocycles. The van der Waals surface area contributed by atoms with Crippen molar-refractivity contribution in [2.24, 2.45) is 0 Å². The number of benzene rings is 2. The van der Waals surface area contributed by atoms with Crippen molar-refractivity contribution in [2.45, 2.75) is 19.8 Å². The maximum atomic E-state index is 12.8. The zero-order chi connectivity index (χ0) is 26.5. The van der Waals surface area contributed by atoms with Crippen LogP contribution in [0, 0.1) is 0 Å². The Kier molecular flexibility index (Phi) is 8.10. The molecule has 0 saturated carbocycles. The SMILES string of the molecule is CCCCOC(=O)c1cc(NC(=O)CN2C(=O)S/C(=C\c3coc4ccccc4c3=O)C2=O)ccc1Cl. The Morgan fingerprint density at radius 3 is 2.73 bits per heavy atom. The summed E-state index contributed by atoms with van der Waals surface area (Å²) in [7, 11) is 0. The summed E-state index contributed by atoms with van der Waals surface area (Å²) >= 11 is 6.71. The van der Waals surface area contributed by atoms with E-state index in [9.17, 15) is 24.0 Å². The van der Waals surface area contributed by atoms with Gasteiger partial charge in [-0.05, 0) is 54.6 Å². The number of hydrogen-bond donors (Lipinski definition) is 1. The second-order valence-electron chi connectivity index (χ2n) is 8.02. The average Bonchev–Trinajstić information content (AvgIpc) is 3.14. The summed E-state index contributed by atoms with van der Waals surface area (Å²) in [4.78, 5) is 63.6. The smallest absolute Gasteiger partial charge is 0.339 e. The Morgan fingerprint density at radius 2 is 1.95 bits per heavy atom. The molecule has 3 aromatic rings. The number of fused-ring (bicyclic) bond motifs is 1. The average molecular weight is 541 g/mol. The van der Waals surface area contributed by atoms with Gasteiger partial charge in [0.2, 0.25) is 5.91 Å². The van der Waals surface area contributed by atoms with E-state index in [-0.39, 0.29) is 38.8 Å². The molecule has 1 aromatic heterocycles. The molecule has 0 radical (unpaired) electrons. The molecule has 2 heterocycles. The Morgan fingerprint density at radius 1 is 1.16 bits per heavy atom. The van der Waals surface area contributed by atoms with Crippen LogP contribution in [0.2, 0.25) is 5.02 Å². The summed E-state index contributed by atoms with van der Waals surface area (Å²) in [5.74, 6) is -2.00. The zero-order valence-corrected chi connectivity index (χ0v) is 21.2. The van der Waals surface area contributed by atoms with Crippen molar-refractivity contribution in [2.75, 3.05) is 18.5 Å². The number of rotatable bonds is 8. The van der Waals surface area contributed by atoms with E-state index in [1.54, 1.807) is 24.3 Å². The third-order valence-electron chi connectivity index (χ3n) is 5.37. The van der Waals surface area contributed by atoms with Crippen LogP contribution in [0.3, 0.4) is 0 Å². The maximum Gasteiger partial charge on any atom is 0.339 e. The minimum Gasteiger partial charge on any atom is -0.463 e. The van der Waals surface area contributed by atoms with Gasteiger partial charge in [-0.3, -0.25) is 24.1 Å². The fraction of sp³-hybridized carbons (Fsp3) is 0.192. The van der Waals surface area contributed by atoms with Crippen molar-refractivity contribution in [3.63, 3.8) is 0 Å². The number of anilines is 1. The van der Waals surface area contributed by atoms with Crippen LogP contribution in [-0.4, -0.2) is 41.1 Å². The molecule has 1 fully saturated rings. The largest absolute Gasteiger partial charge is 0.463 e. The molecule has 190 valence electrons. The molecule has 37 heavy (non-hydrogen) atoms. The van der Waals surface area contributed by atoms with Crippen molar-refractivity contribution in [1.29, 1.82) is 0 Å².